The molecule has 82 valence electrons. The minimum Gasteiger partial charge on any atom is -0.384 e. The van der Waals surface area contributed by atoms with Crippen LogP contribution in [-0.4, -0.2) is 10.8 Å². The van der Waals surface area contributed by atoms with Gasteiger partial charge in [0.1, 0.15) is 5.84 Å². The molecule has 0 unspecified atom stereocenters. The van der Waals surface area contributed by atoms with Crippen molar-refractivity contribution >= 4 is 16.7 Å². The first kappa shape index (κ1) is 10.6. The van der Waals surface area contributed by atoms with Crippen LogP contribution in [0.1, 0.15) is 22.4 Å². The van der Waals surface area contributed by atoms with Crippen molar-refractivity contribution in [1.29, 1.82) is 5.41 Å². The summed E-state index contributed by atoms with van der Waals surface area (Å²) in [5.41, 5.74) is 10.5. The Morgan fingerprint density at radius 1 is 1.12 bits per heavy atom. The number of pyridine rings is 1. The number of fused-ring (bicyclic) bond motifs is 1. The zero-order valence-corrected chi connectivity index (χ0v) is 9.76. The molecule has 0 saturated heterocycles. The van der Waals surface area contributed by atoms with Gasteiger partial charge in [0, 0.05) is 16.6 Å². The molecular weight excluding hydrogens is 198 g/mol. The van der Waals surface area contributed by atoms with Crippen LogP contribution in [-0.2, 0) is 0 Å². The second-order valence-electron chi connectivity index (χ2n) is 4.18. The minimum absolute atomic E-state index is 0.102. The number of rotatable bonds is 1. The Kier molecular flexibility index (Phi) is 2.38. The van der Waals surface area contributed by atoms with Gasteiger partial charge < -0.3 is 5.73 Å². The maximum atomic E-state index is 7.48. The molecule has 16 heavy (non-hydrogen) atoms. The number of aryl methyl sites for hydroxylation is 3. The summed E-state index contributed by atoms with van der Waals surface area (Å²) in [4.78, 5) is 4.53. The molecule has 0 aliphatic carbocycles. The fourth-order valence-corrected chi connectivity index (χ4v) is 1.98. The van der Waals surface area contributed by atoms with Crippen LogP contribution in [0, 0.1) is 26.2 Å². The average Bonchev–Trinajstić information content (AvgIpc) is 2.19. The van der Waals surface area contributed by atoms with Gasteiger partial charge in [0.2, 0.25) is 0 Å². The van der Waals surface area contributed by atoms with E-state index in [1.807, 2.05) is 32.0 Å². The summed E-state index contributed by atoms with van der Waals surface area (Å²) >= 11 is 0. The van der Waals surface area contributed by atoms with Gasteiger partial charge >= 0.3 is 0 Å². The van der Waals surface area contributed by atoms with Crippen LogP contribution in [0.25, 0.3) is 10.9 Å². The Morgan fingerprint density at radius 2 is 1.81 bits per heavy atom. The smallest absolute Gasteiger partial charge is 0.122 e. The van der Waals surface area contributed by atoms with Crippen LogP contribution in [0.4, 0.5) is 0 Å². The minimum atomic E-state index is 0.102. The van der Waals surface area contributed by atoms with Crippen molar-refractivity contribution in [3.63, 3.8) is 0 Å². The van der Waals surface area contributed by atoms with E-state index in [-0.39, 0.29) is 5.84 Å². The molecule has 0 aliphatic rings. The molecule has 0 spiro atoms. The first-order valence-corrected chi connectivity index (χ1v) is 5.22. The molecule has 0 amide bonds. The second kappa shape index (κ2) is 3.59. The van der Waals surface area contributed by atoms with E-state index in [4.69, 9.17) is 11.1 Å². The van der Waals surface area contributed by atoms with Crippen molar-refractivity contribution in [3.8, 4) is 0 Å². The lowest BCUT2D eigenvalue weighted by atomic mass is 10.0. The SMILES string of the molecule is Cc1cc(C)c2cc(C(=N)N)cc(C)c2n1. The van der Waals surface area contributed by atoms with Crippen LogP contribution < -0.4 is 5.73 Å². The topological polar surface area (TPSA) is 62.8 Å². The summed E-state index contributed by atoms with van der Waals surface area (Å²) in [5.74, 6) is 0.102. The summed E-state index contributed by atoms with van der Waals surface area (Å²) < 4.78 is 0. The van der Waals surface area contributed by atoms with Crippen LogP contribution in [0.2, 0.25) is 0 Å². The highest BCUT2D eigenvalue weighted by molar-refractivity contribution is 6.00. The van der Waals surface area contributed by atoms with E-state index in [0.29, 0.717) is 0 Å². The predicted octanol–water partition coefficient (Wildman–Crippen LogP) is 2.44. The van der Waals surface area contributed by atoms with E-state index in [9.17, 15) is 0 Å². The van der Waals surface area contributed by atoms with Crippen molar-refractivity contribution in [1.82, 2.24) is 4.98 Å². The number of benzene rings is 1. The molecule has 0 radical (unpaired) electrons. The lowest BCUT2D eigenvalue weighted by Crippen LogP contribution is -2.11. The van der Waals surface area contributed by atoms with Gasteiger partial charge in [0.25, 0.3) is 0 Å². The molecule has 2 aromatic rings. The number of nitrogens with one attached hydrogen (secondary N) is 1. The highest BCUT2D eigenvalue weighted by atomic mass is 14.7. The highest BCUT2D eigenvalue weighted by Gasteiger charge is 2.07. The molecule has 0 bridgehead atoms. The van der Waals surface area contributed by atoms with Crippen molar-refractivity contribution in [2.24, 2.45) is 5.73 Å². The van der Waals surface area contributed by atoms with E-state index < -0.39 is 0 Å². The standard InChI is InChI=1S/C13H15N3/c1-7-4-9(3)16-12-8(2)5-10(13(14)15)6-11(7)12/h4-6H,1-3H3,(H3,14,15). The van der Waals surface area contributed by atoms with Gasteiger partial charge in [-0.1, -0.05) is 0 Å². The number of nitrogens with two attached hydrogens (primary N) is 1. The maximum Gasteiger partial charge on any atom is 0.122 e. The molecule has 0 fully saturated rings. The molecule has 3 N–H and O–H groups in total. The van der Waals surface area contributed by atoms with Gasteiger partial charge in [-0.15, -0.1) is 0 Å². The third-order valence-corrected chi connectivity index (χ3v) is 2.75. The Morgan fingerprint density at radius 3 is 2.44 bits per heavy atom. The normalized spacial score (nSPS) is 10.7. The highest BCUT2D eigenvalue weighted by Crippen LogP contribution is 2.22. The summed E-state index contributed by atoms with van der Waals surface area (Å²) in [6.07, 6.45) is 0. The van der Waals surface area contributed by atoms with Gasteiger partial charge in [0.15, 0.2) is 0 Å². The first-order valence-electron chi connectivity index (χ1n) is 5.22. The van der Waals surface area contributed by atoms with Gasteiger partial charge in [-0.2, -0.15) is 0 Å². The second-order valence-corrected chi connectivity index (χ2v) is 4.18. The molecule has 3 heteroatoms. The van der Waals surface area contributed by atoms with E-state index >= 15 is 0 Å². The first-order chi connectivity index (χ1) is 7.49. The molecule has 1 aromatic carbocycles. The Hall–Kier alpha value is -1.90. The predicted molar refractivity (Wildman–Crippen MR) is 67.0 cm³/mol. The third kappa shape index (κ3) is 1.65. The number of hydrogen-bond acceptors (Lipinski definition) is 2. The van der Waals surface area contributed by atoms with Gasteiger partial charge in [-0.25, -0.2) is 0 Å². The van der Waals surface area contributed by atoms with Crippen molar-refractivity contribution in [2.75, 3.05) is 0 Å². The molecule has 1 aromatic heterocycles. The zero-order chi connectivity index (χ0) is 11.9. The van der Waals surface area contributed by atoms with Crippen LogP contribution in [0.15, 0.2) is 18.2 Å². The van der Waals surface area contributed by atoms with Gasteiger partial charge in [-0.3, -0.25) is 10.4 Å². The lowest BCUT2D eigenvalue weighted by molar-refractivity contribution is 1.22. The van der Waals surface area contributed by atoms with Crippen molar-refractivity contribution < 1.29 is 0 Å². The van der Waals surface area contributed by atoms with Crippen LogP contribution in [0.3, 0.4) is 0 Å². The summed E-state index contributed by atoms with van der Waals surface area (Å²) in [6, 6.07) is 5.90. The Labute approximate surface area is 94.8 Å². The molecule has 1 heterocycles. The lowest BCUT2D eigenvalue weighted by Gasteiger charge is -2.09. The summed E-state index contributed by atoms with van der Waals surface area (Å²) in [5, 5.41) is 8.56. The van der Waals surface area contributed by atoms with Gasteiger partial charge in [-0.05, 0) is 50.1 Å². The molecule has 0 saturated carbocycles. The van der Waals surface area contributed by atoms with Crippen LogP contribution >= 0.6 is 0 Å². The number of amidine groups is 1. The molecular formula is C13H15N3. The summed E-state index contributed by atoms with van der Waals surface area (Å²) in [7, 11) is 0. The molecule has 0 aliphatic heterocycles. The van der Waals surface area contributed by atoms with E-state index in [1.165, 1.54) is 5.56 Å². The maximum absolute atomic E-state index is 7.48. The quantitative estimate of drug-likeness (QED) is 0.564. The summed E-state index contributed by atoms with van der Waals surface area (Å²) in [6.45, 7) is 6.05. The molecule has 2 rings (SSSR count). The van der Waals surface area contributed by atoms with E-state index in [1.54, 1.807) is 0 Å². The largest absolute Gasteiger partial charge is 0.384 e. The van der Waals surface area contributed by atoms with E-state index in [0.717, 1.165) is 27.7 Å². The Bertz CT molecular complexity index is 585. The fraction of sp³-hybridized carbons (Fsp3) is 0.231. The van der Waals surface area contributed by atoms with Crippen molar-refractivity contribution in [2.45, 2.75) is 20.8 Å². The number of hydrogen-bond donors (Lipinski definition) is 2. The molecule has 3 nitrogen and oxygen atoms in total. The number of aromatic nitrogens is 1. The van der Waals surface area contributed by atoms with Crippen molar-refractivity contribution in [3.05, 3.63) is 40.6 Å². The average molecular weight is 213 g/mol. The number of nitrogens with zero attached hydrogens (tertiary/aromatic N) is 1. The zero-order valence-electron chi connectivity index (χ0n) is 9.76. The van der Waals surface area contributed by atoms with Crippen LogP contribution in [0.5, 0.6) is 0 Å². The molecule has 0 atom stereocenters. The van der Waals surface area contributed by atoms with E-state index in [2.05, 4.69) is 11.9 Å². The fourth-order valence-electron chi connectivity index (χ4n) is 1.98. The monoisotopic (exact) mass is 213 g/mol. The number of nitrogen functional groups attached to an aromatic ring is 1. The third-order valence-electron chi connectivity index (χ3n) is 2.75. The van der Waals surface area contributed by atoms with Gasteiger partial charge in [0.05, 0.1) is 5.52 Å². The Balaban J connectivity index is 2.87.